The van der Waals surface area contributed by atoms with E-state index in [0.29, 0.717) is 43.0 Å². The summed E-state index contributed by atoms with van der Waals surface area (Å²) in [6.07, 6.45) is 0.868. The van der Waals surface area contributed by atoms with Crippen LogP contribution in [0.1, 0.15) is 59.8 Å². The number of morpholine rings is 1. The van der Waals surface area contributed by atoms with Crippen molar-refractivity contribution in [3.05, 3.63) is 92.7 Å². The number of rotatable bonds is 13. The standard InChI is InChI=1S/C35H41F3N4O6/c1-20(2)14-29(40-33(45)25-6-5-7-42(35(25)47)9-8-41-10-12-48-13-11-41)34(46)39-28(19-30(43)44)26-17-23(18-27(37)32(26)38)31-21(3)15-24(36)16-22(31)4/h5-7,15-18,20,28-29H,8-14,19H2,1-4H3,(H,39,46)(H,40,45)(H,43,44)/t28-,29-/m0/s1. The number of pyridine rings is 1. The Hall–Kier alpha value is -4.49. The topological polar surface area (TPSA) is 130 Å². The third kappa shape index (κ3) is 9.10. The summed E-state index contributed by atoms with van der Waals surface area (Å²) in [5.41, 5.74) is 0.341. The van der Waals surface area contributed by atoms with Gasteiger partial charge in [0.1, 0.15) is 17.4 Å². The number of benzene rings is 2. The van der Waals surface area contributed by atoms with E-state index in [9.17, 15) is 28.7 Å². The number of aliphatic carboxylic acids is 1. The summed E-state index contributed by atoms with van der Waals surface area (Å²) in [7, 11) is 0. The average Bonchev–Trinajstić information content (AvgIpc) is 3.01. The number of carbonyl (C=O) groups is 3. The van der Waals surface area contributed by atoms with E-state index in [1.165, 1.54) is 28.8 Å². The third-order valence-corrected chi connectivity index (χ3v) is 8.27. The van der Waals surface area contributed by atoms with Crippen molar-refractivity contribution >= 4 is 17.8 Å². The highest BCUT2D eigenvalue weighted by atomic mass is 19.2. The molecule has 2 heterocycles. The second kappa shape index (κ2) is 16.1. The normalized spacial score (nSPS) is 14.8. The van der Waals surface area contributed by atoms with E-state index in [1.807, 2.05) is 0 Å². The van der Waals surface area contributed by atoms with Gasteiger partial charge in [0, 0.05) is 37.9 Å². The highest BCUT2D eigenvalue weighted by Gasteiger charge is 2.30. The van der Waals surface area contributed by atoms with E-state index in [4.69, 9.17) is 4.74 Å². The molecule has 0 unspecified atom stereocenters. The molecule has 0 aliphatic carbocycles. The highest BCUT2D eigenvalue weighted by Crippen LogP contribution is 2.33. The number of nitrogens with zero attached hydrogens (tertiary/aromatic N) is 2. The van der Waals surface area contributed by atoms with Gasteiger partial charge in [0.25, 0.3) is 11.5 Å². The summed E-state index contributed by atoms with van der Waals surface area (Å²) in [5.74, 6) is -6.32. The number of nitrogens with one attached hydrogen (secondary N) is 2. The molecule has 48 heavy (non-hydrogen) atoms. The maximum atomic E-state index is 15.3. The van der Waals surface area contributed by atoms with Gasteiger partial charge in [-0.3, -0.25) is 24.1 Å². The van der Waals surface area contributed by atoms with Crippen LogP contribution in [0.5, 0.6) is 0 Å². The van der Waals surface area contributed by atoms with Crippen molar-refractivity contribution < 1.29 is 37.4 Å². The molecular weight excluding hydrogens is 629 g/mol. The van der Waals surface area contributed by atoms with Crippen molar-refractivity contribution in [2.45, 2.75) is 59.2 Å². The Labute approximate surface area is 276 Å². The third-order valence-electron chi connectivity index (χ3n) is 8.27. The van der Waals surface area contributed by atoms with Crippen LogP contribution >= 0.6 is 0 Å². The maximum absolute atomic E-state index is 15.3. The minimum Gasteiger partial charge on any atom is -0.481 e. The summed E-state index contributed by atoms with van der Waals surface area (Å²) >= 11 is 0. The summed E-state index contributed by atoms with van der Waals surface area (Å²) in [5, 5.41) is 14.7. The average molecular weight is 671 g/mol. The SMILES string of the molecule is Cc1cc(F)cc(C)c1-c1cc(F)c(F)c([C@H](CC(=O)O)NC(=O)[C@H](CC(C)C)NC(=O)c2cccn(CCN3CCOCC3)c2=O)c1. The number of amides is 2. The van der Waals surface area contributed by atoms with Gasteiger partial charge in [-0.2, -0.15) is 0 Å². The Morgan fingerprint density at radius 2 is 1.65 bits per heavy atom. The molecule has 2 amide bonds. The van der Waals surface area contributed by atoms with Crippen LogP contribution < -0.4 is 16.2 Å². The second-order valence-corrected chi connectivity index (χ2v) is 12.5. The van der Waals surface area contributed by atoms with E-state index >= 15 is 8.78 Å². The lowest BCUT2D eigenvalue weighted by Gasteiger charge is -2.26. The lowest BCUT2D eigenvalue weighted by molar-refractivity contribution is -0.137. The molecule has 2 atom stereocenters. The smallest absolute Gasteiger partial charge is 0.305 e. The molecule has 0 saturated carbocycles. The molecular formula is C35H41F3N4O6. The van der Waals surface area contributed by atoms with E-state index in [2.05, 4.69) is 15.5 Å². The van der Waals surface area contributed by atoms with E-state index in [-0.39, 0.29) is 23.5 Å². The van der Waals surface area contributed by atoms with E-state index < -0.39 is 64.9 Å². The van der Waals surface area contributed by atoms with Gasteiger partial charge in [0.2, 0.25) is 5.91 Å². The van der Waals surface area contributed by atoms with Gasteiger partial charge in [-0.15, -0.1) is 0 Å². The van der Waals surface area contributed by atoms with Gasteiger partial charge in [-0.1, -0.05) is 13.8 Å². The summed E-state index contributed by atoms with van der Waals surface area (Å²) in [6, 6.07) is 4.78. The molecule has 258 valence electrons. The van der Waals surface area contributed by atoms with Crippen LogP contribution in [0.15, 0.2) is 47.4 Å². The molecule has 3 aromatic rings. The Bertz CT molecular complexity index is 1700. The van der Waals surface area contributed by atoms with Gasteiger partial charge in [-0.05, 0) is 84.8 Å². The van der Waals surface area contributed by atoms with Crippen molar-refractivity contribution in [1.29, 1.82) is 0 Å². The van der Waals surface area contributed by atoms with Crippen LogP contribution in [-0.4, -0.2) is 71.2 Å². The molecule has 1 aliphatic heterocycles. The second-order valence-electron chi connectivity index (χ2n) is 12.5. The first-order valence-electron chi connectivity index (χ1n) is 15.8. The first kappa shape index (κ1) is 36.3. The number of halogens is 3. The summed E-state index contributed by atoms with van der Waals surface area (Å²) in [4.78, 5) is 54.3. The predicted octanol–water partition coefficient (Wildman–Crippen LogP) is 4.36. The molecule has 3 N–H and O–H groups in total. The minimum absolute atomic E-state index is 0.0975. The lowest BCUT2D eigenvalue weighted by atomic mass is 9.91. The number of ether oxygens (including phenoxy) is 1. The molecule has 13 heteroatoms. The van der Waals surface area contributed by atoms with Gasteiger partial charge in [-0.25, -0.2) is 13.2 Å². The van der Waals surface area contributed by atoms with Crippen LogP contribution in [0, 0.1) is 37.2 Å². The summed E-state index contributed by atoms with van der Waals surface area (Å²) in [6.45, 7) is 10.4. The summed E-state index contributed by atoms with van der Waals surface area (Å²) < 4.78 is 51.1. The molecule has 4 rings (SSSR count). The number of carboxylic acids is 1. The van der Waals surface area contributed by atoms with Crippen LogP contribution in [0.3, 0.4) is 0 Å². The number of carboxylic acid groups (broad SMARTS) is 1. The van der Waals surface area contributed by atoms with Gasteiger partial charge in [0.15, 0.2) is 11.6 Å². The fraction of sp³-hybridized carbons (Fsp3) is 0.429. The largest absolute Gasteiger partial charge is 0.481 e. The fourth-order valence-electron chi connectivity index (χ4n) is 5.96. The number of aryl methyl sites for hydroxylation is 2. The van der Waals surface area contributed by atoms with Crippen molar-refractivity contribution in [2.75, 3.05) is 32.8 Å². The molecule has 0 radical (unpaired) electrons. The van der Waals surface area contributed by atoms with Crippen molar-refractivity contribution in [1.82, 2.24) is 20.1 Å². The predicted molar refractivity (Wildman–Crippen MR) is 173 cm³/mol. The molecule has 0 spiro atoms. The Morgan fingerprint density at radius 1 is 0.979 bits per heavy atom. The van der Waals surface area contributed by atoms with Crippen molar-refractivity contribution in [3.8, 4) is 11.1 Å². The van der Waals surface area contributed by atoms with Crippen LogP contribution in [-0.2, 0) is 20.9 Å². The quantitative estimate of drug-likeness (QED) is 0.247. The number of aromatic nitrogens is 1. The zero-order valence-electron chi connectivity index (χ0n) is 27.4. The van der Waals surface area contributed by atoms with E-state index in [0.717, 1.165) is 19.2 Å². The first-order chi connectivity index (χ1) is 22.7. The van der Waals surface area contributed by atoms with Gasteiger partial charge in [0.05, 0.1) is 25.7 Å². The number of hydrogen-bond acceptors (Lipinski definition) is 6. The number of carbonyl (C=O) groups excluding carboxylic acids is 2. The Kier molecular flexibility index (Phi) is 12.2. The van der Waals surface area contributed by atoms with Crippen LogP contribution in [0.2, 0.25) is 0 Å². The zero-order chi connectivity index (χ0) is 35.1. The molecule has 1 aromatic heterocycles. The molecule has 1 saturated heterocycles. The van der Waals surface area contributed by atoms with Crippen molar-refractivity contribution in [2.24, 2.45) is 5.92 Å². The van der Waals surface area contributed by atoms with Crippen LogP contribution in [0.4, 0.5) is 13.2 Å². The monoisotopic (exact) mass is 670 g/mol. The minimum atomic E-state index is -1.54. The zero-order valence-corrected chi connectivity index (χ0v) is 27.4. The first-order valence-corrected chi connectivity index (χ1v) is 15.8. The lowest BCUT2D eigenvalue weighted by Crippen LogP contribution is -2.49. The molecule has 1 fully saturated rings. The van der Waals surface area contributed by atoms with Gasteiger partial charge >= 0.3 is 5.97 Å². The Balaban J connectivity index is 1.60. The molecule has 2 aromatic carbocycles. The fourth-order valence-corrected chi connectivity index (χ4v) is 5.96. The molecule has 10 nitrogen and oxygen atoms in total. The maximum Gasteiger partial charge on any atom is 0.305 e. The highest BCUT2D eigenvalue weighted by molar-refractivity contribution is 5.97. The Morgan fingerprint density at radius 3 is 2.27 bits per heavy atom. The number of hydrogen-bond donors (Lipinski definition) is 3. The van der Waals surface area contributed by atoms with Crippen LogP contribution in [0.25, 0.3) is 11.1 Å². The molecule has 1 aliphatic rings. The van der Waals surface area contributed by atoms with Crippen molar-refractivity contribution in [3.63, 3.8) is 0 Å². The van der Waals surface area contributed by atoms with E-state index in [1.54, 1.807) is 40.0 Å². The molecule has 0 bridgehead atoms. The van der Waals surface area contributed by atoms with Gasteiger partial charge < -0.3 is 25.0 Å².